The Hall–Kier alpha value is -3.16. The lowest BCUT2D eigenvalue weighted by molar-refractivity contribution is -0.113. The maximum atomic E-state index is 14.4. The highest BCUT2D eigenvalue weighted by atomic mass is 35.5. The summed E-state index contributed by atoms with van der Waals surface area (Å²) in [6, 6.07) is 8.90. The number of aromatic amines is 1. The Morgan fingerprint density at radius 1 is 1.28 bits per heavy atom. The number of anilines is 1. The first-order valence-corrected chi connectivity index (χ1v) is 9.22. The first kappa shape index (κ1) is 20.6. The van der Waals surface area contributed by atoms with Crippen molar-refractivity contribution in [3.05, 3.63) is 82.5 Å². The van der Waals surface area contributed by atoms with Gasteiger partial charge in [0.25, 0.3) is 5.91 Å². The van der Waals surface area contributed by atoms with E-state index < -0.39 is 17.8 Å². The van der Waals surface area contributed by atoms with E-state index in [9.17, 15) is 9.18 Å². The number of nitrogens with zero attached hydrogens (tertiary/aromatic N) is 1. The van der Waals surface area contributed by atoms with E-state index in [0.717, 1.165) is 0 Å². The van der Waals surface area contributed by atoms with Crippen molar-refractivity contribution in [3.63, 3.8) is 0 Å². The molecule has 0 bridgehead atoms. The van der Waals surface area contributed by atoms with Crippen molar-refractivity contribution in [2.24, 2.45) is 5.73 Å². The van der Waals surface area contributed by atoms with Crippen molar-refractivity contribution in [3.8, 4) is 0 Å². The quantitative estimate of drug-likeness (QED) is 0.450. The topological polar surface area (TPSA) is 95.8 Å². The van der Waals surface area contributed by atoms with Crippen LogP contribution in [0.5, 0.6) is 0 Å². The molecule has 0 saturated carbocycles. The van der Waals surface area contributed by atoms with E-state index in [1.54, 1.807) is 44.3 Å². The van der Waals surface area contributed by atoms with Crippen LogP contribution in [-0.2, 0) is 4.79 Å². The van der Waals surface area contributed by atoms with Gasteiger partial charge in [-0.15, -0.1) is 0 Å². The molecule has 8 heteroatoms. The summed E-state index contributed by atoms with van der Waals surface area (Å²) in [6.07, 6.45) is 1.55. The van der Waals surface area contributed by atoms with E-state index in [1.807, 2.05) is 0 Å². The largest absolute Gasteiger partial charge is 0.363 e. The Morgan fingerprint density at radius 3 is 2.62 bits per heavy atom. The summed E-state index contributed by atoms with van der Waals surface area (Å²) in [5.41, 5.74) is 9.06. The average molecular weight is 414 g/mol. The SMILES string of the molecule is C=C(C)N/C(C)=C(/C(=O)Nc1cc2cn[nH]c2cc1F)C(N)c1ccc(Cl)cc1. The normalized spacial score (nSPS) is 13.0. The number of hydrogen-bond donors (Lipinski definition) is 4. The fourth-order valence-corrected chi connectivity index (χ4v) is 3.15. The molecule has 0 spiro atoms. The number of carbonyl (C=O) groups is 1. The summed E-state index contributed by atoms with van der Waals surface area (Å²) >= 11 is 5.95. The molecule has 150 valence electrons. The summed E-state index contributed by atoms with van der Waals surface area (Å²) in [6.45, 7) is 7.28. The van der Waals surface area contributed by atoms with Crippen molar-refractivity contribution in [1.82, 2.24) is 15.5 Å². The number of hydrogen-bond acceptors (Lipinski definition) is 4. The minimum absolute atomic E-state index is 0.0350. The predicted octanol–water partition coefficient (Wildman–Crippen LogP) is 4.39. The smallest absolute Gasteiger partial charge is 0.255 e. The molecule has 1 aromatic heterocycles. The predicted molar refractivity (Wildman–Crippen MR) is 114 cm³/mol. The number of aromatic nitrogens is 2. The van der Waals surface area contributed by atoms with Crippen molar-refractivity contribution in [1.29, 1.82) is 0 Å². The van der Waals surface area contributed by atoms with Gasteiger partial charge >= 0.3 is 0 Å². The van der Waals surface area contributed by atoms with Gasteiger partial charge in [-0.05, 0) is 37.6 Å². The number of nitrogens with one attached hydrogen (secondary N) is 3. The molecule has 0 radical (unpaired) electrons. The number of allylic oxidation sites excluding steroid dienone is 2. The molecule has 6 nitrogen and oxygen atoms in total. The summed E-state index contributed by atoms with van der Waals surface area (Å²) in [5, 5.41) is 13.4. The van der Waals surface area contributed by atoms with Gasteiger partial charge < -0.3 is 16.4 Å². The lowest BCUT2D eigenvalue weighted by Gasteiger charge is -2.20. The third kappa shape index (κ3) is 4.64. The number of fused-ring (bicyclic) bond motifs is 1. The molecule has 3 aromatic rings. The third-order valence-electron chi connectivity index (χ3n) is 4.37. The molecule has 1 heterocycles. The second kappa shape index (κ2) is 8.46. The first-order chi connectivity index (χ1) is 13.8. The molecule has 2 aromatic carbocycles. The summed E-state index contributed by atoms with van der Waals surface area (Å²) < 4.78 is 14.4. The molecular weight excluding hydrogens is 393 g/mol. The zero-order chi connectivity index (χ0) is 21.1. The van der Waals surface area contributed by atoms with Crippen molar-refractivity contribution in [2.45, 2.75) is 19.9 Å². The number of halogens is 2. The van der Waals surface area contributed by atoms with Crippen LogP contribution < -0.4 is 16.4 Å². The van der Waals surface area contributed by atoms with Gasteiger partial charge in [-0.1, -0.05) is 30.3 Å². The molecule has 0 fully saturated rings. The molecule has 1 amide bonds. The van der Waals surface area contributed by atoms with Gasteiger partial charge in [0, 0.05) is 27.9 Å². The van der Waals surface area contributed by atoms with Crippen molar-refractivity contribution in [2.75, 3.05) is 5.32 Å². The van der Waals surface area contributed by atoms with Gasteiger partial charge in [-0.25, -0.2) is 4.39 Å². The van der Waals surface area contributed by atoms with Gasteiger partial charge in [-0.2, -0.15) is 5.10 Å². The Labute approximate surface area is 172 Å². The molecule has 0 aliphatic heterocycles. The number of benzene rings is 2. The monoisotopic (exact) mass is 413 g/mol. The minimum atomic E-state index is -0.764. The van der Waals surface area contributed by atoms with Gasteiger partial charge in [0.2, 0.25) is 0 Å². The molecule has 5 N–H and O–H groups in total. The van der Waals surface area contributed by atoms with Crippen LogP contribution in [0, 0.1) is 5.82 Å². The third-order valence-corrected chi connectivity index (χ3v) is 4.62. The number of nitrogens with two attached hydrogens (primary N) is 1. The number of rotatable bonds is 6. The second-order valence-corrected chi connectivity index (χ2v) is 7.15. The van der Waals surface area contributed by atoms with E-state index >= 15 is 0 Å². The number of H-pyrrole nitrogens is 1. The highest BCUT2D eigenvalue weighted by Gasteiger charge is 2.23. The van der Waals surface area contributed by atoms with Crippen molar-refractivity contribution < 1.29 is 9.18 Å². The van der Waals surface area contributed by atoms with Crippen molar-refractivity contribution >= 4 is 34.1 Å². The van der Waals surface area contributed by atoms with Crippen LogP contribution in [0.15, 0.2) is 66.1 Å². The zero-order valence-corrected chi connectivity index (χ0v) is 16.8. The molecule has 29 heavy (non-hydrogen) atoms. The molecule has 0 saturated heterocycles. The zero-order valence-electron chi connectivity index (χ0n) is 16.0. The number of amides is 1. The maximum Gasteiger partial charge on any atom is 0.255 e. The van der Waals surface area contributed by atoms with Crippen LogP contribution in [0.4, 0.5) is 10.1 Å². The molecule has 0 aliphatic carbocycles. The highest BCUT2D eigenvalue weighted by molar-refractivity contribution is 6.30. The lowest BCUT2D eigenvalue weighted by Crippen LogP contribution is -2.28. The fourth-order valence-electron chi connectivity index (χ4n) is 3.02. The maximum absolute atomic E-state index is 14.4. The van der Waals surface area contributed by atoms with Crippen LogP contribution in [0.25, 0.3) is 10.9 Å². The summed E-state index contributed by atoms with van der Waals surface area (Å²) in [7, 11) is 0. The van der Waals surface area contributed by atoms with E-state index in [1.165, 1.54) is 12.1 Å². The Kier molecular flexibility index (Phi) is 6.00. The summed E-state index contributed by atoms with van der Waals surface area (Å²) in [5.74, 6) is -1.11. The van der Waals surface area contributed by atoms with E-state index in [2.05, 4.69) is 27.4 Å². The van der Waals surface area contributed by atoms with Crippen LogP contribution in [-0.4, -0.2) is 16.1 Å². The molecular formula is C21H21ClFN5O. The summed E-state index contributed by atoms with van der Waals surface area (Å²) in [4.78, 5) is 13.1. The Balaban J connectivity index is 1.98. The number of carbonyl (C=O) groups excluding carboxylic acids is 1. The van der Waals surface area contributed by atoms with Gasteiger partial charge in [0.05, 0.1) is 29.0 Å². The molecule has 0 aliphatic rings. The van der Waals surface area contributed by atoms with E-state index in [-0.39, 0.29) is 11.3 Å². The van der Waals surface area contributed by atoms with Crippen LogP contribution in [0.1, 0.15) is 25.5 Å². The fraction of sp³-hybridized carbons (Fsp3) is 0.143. The van der Waals surface area contributed by atoms with Gasteiger partial charge in [0.1, 0.15) is 5.82 Å². The lowest BCUT2D eigenvalue weighted by atomic mass is 9.97. The first-order valence-electron chi connectivity index (χ1n) is 8.84. The Morgan fingerprint density at radius 2 is 1.97 bits per heavy atom. The molecule has 3 rings (SSSR count). The molecule has 1 unspecified atom stereocenters. The average Bonchev–Trinajstić information content (AvgIpc) is 3.09. The minimum Gasteiger partial charge on any atom is -0.363 e. The van der Waals surface area contributed by atoms with E-state index in [0.29, 0.717) is 32.9 Å². The second-order valence-electron chi connectivity index (χ2n) is 6.72. The van der Waals surface area contributed by atoms with E-state index in [4.69, 9.17) is 17.3 Å². The van der Waals surface area contributed by atoms with Crippen LogP contribution in [0.3, 0.4) is 0 Å². The van der Waals surface area contributed by atoms with Crippen LogP contribution >= 0.6 is 11.6 Å². The standard InChI is InChI=1S/C21H21ClFN5O/c1-11(2)26-12(3)19(20(24)13-4-6-15(22)7-5-13)21(29)27-18-8-14-10-25-28-17(14)9-16(18)23/h4-10,20,26H,1,24H2,2-3H3,(H,25,28)(H,27,29)/b19-12+. The Bertz CT molecular complexity index is 1100. The van der Waals surface area contributed by atoms with Crippen LogP contribution in [0.2, 0.25) is 5.02 Å². The molecule has 1 atom stereocenters. The highest BCUT2D eigenvalue weighted by Crippen LogP contribution is 2.27. The van der Waals surface area contributed by atoms with Gasteiger partial charge in [-0.3, -0.25) is 9.89 Å². The van der Waals surface area contributed by atoms with Gasteiger partial charge in [0.15, 0.2) is 0 Å².